The second-order valence-corrected chi connectivity index (χ2v) is 4.99. The summed E-state index contributed by atoms with van der Waals surface area (Å²) in [5, 5.41) is 8.91. The zero-order chi connectivity index (χ0) is 13.8. The summed E-state index contributed by atoms with van der Waals surface area (Å²) < 4.78 is 0.867. The number of halogens is 1. The summed E-state index contributed by atoms with van der Waals surface area (Å²) in [6.45, 7) is 0. The molecule has 1 atom stereocenters. The lowest BCUT2D eigenvalue weighted by molar-refractivity contribution is -0.138. The second-order valence-electron chi connectivity index (χ2n) is 4.14. The minimum absolute atomic E-state index is 0.272. The summed E-state index contributed by atoms with van der Waals surface area (Å²) in [5.41, 5.74) is 8.16. The fraction of sp³-hybridized carbons (Fsp3) is 0.143. The summed E-state index contributed by atoms with van der Waals surface area (Å²) >= 11 is 3.45. The molecule has 3 N–H and O–H groups in total. The Morgan fingerprint density at radius 2 is 2.05 bits per heavy atom. The molecule has 0 saturated heterocycles. The van der Waals surface area contributed by atoms with E-state index in [9.17, 15) is 4.79 Å². The quantitative estimate of drug-likeness (QED) is 0.907. The number of benzene rings is 1. The van der Waals surface area contributed by atoms with Gasteiger partial charge in [-0.2, -0.15) is 0 Å². The van der Waals surface area contributed by atoms with E-state index in [4.69, 9.17) is 10.8 Å². The van der Waals surface area contributed by atoms with Crippen LogP contribution in [0.5, 0.6) is 0 Å². The van der Waals surface area contributed by atoms with E-state index in [1.54, 1.807) is 6.20 Å². The van der Waals surface area contributed by atoms with Crippen molar-refractivity contribution in [2.24, 2.45) is 5.73 Å². The summed E-state index contributed by atoms with van der Waals surface area (Å²) in [4.78, 5) is 15.2. The van der Waals surface area contributed by atoms with Crippen molar-refractivity contribution in [2.75, 3.05) is 0 Å². The smallest absolute Gasteiger partial charge is 0.320 e. The number of carboxylic acids is 1. The number of hydrogen-bond donors (Lipinski definition) is 2. The first kappa shape index (κ1) is 13.7. The average molecular weight is 321 g/mol. The van der Waals surface area contributed by atoms with Gasteiger partial charge in [0.25, 0.3) is 0 Å². The maximum atomic E-state index is 10.9. The summed E-state index contributed by atoms with van der Waals surface area (Å²) in [7, 11) is 0. The maximum absolute atomic E-state index is 10.9. The monoisotopic (exact) mass is 320 g/mol. The molecule has 0 aliphatic carbocycles. The number of carbonyl (C=O) groups is 1. The highest BCUT2D eigenvalue weighted by molar-refractivity contribution is 9.10. The van der Waals surface area contributed by atoms with Crippen LogP contribution in [0.15, 0.2) is 47.1 Å². The van der Waals surface area contributed by atoms with Gasteiger partial charge in [-0.15, -0.1) is 0 Å². The Morgan fingerprint density at radius 3 is 2.74 bits per heavy atom. The SMILES string of the molecule is NC(Cc1ccccc1-c1ncccc1Br)C(=O)O. The van der Waals surface area contributed by atoms with Crippen LogP contribution in [0, 0.1) is 0 Å². The van der Waals surface area contributed by atoms with Gasteiger partial charge in [-0.3, -0.25) is 9.78 Å². The third-order valence-corrected chi connectivity index (χ3v) is 3.43. The summed E-state index contributed by atoms with van der Waals surface area (Å²) in [6.07, 6.45) is 1.97. The Hall–Kier alpha value is -1.72. The fourth-order valence-electron chi connectivity index (χ4n) is 1.84. The van der Waals surface area contributed by atoms with E-state index in [0.29, 0.717) is 0 Å². The average Bonchev–Trinajstić information content (AvgIpc) is 2.40. The van der Waals surface area contributed by atoms with Crippen LogP contribution in [0.2, 0.25) is 0 Å². The molecule has 2 aromatic rings. The molecule has 19 heavy (non-hydrogen) atoms. The molecule has 0 saturated carbocycles. The lowest BCUT2D eigenvalue weighted by Gasteiger charge is -2.12. The van der Waals surface area contributed by atoms with E-state index in [1.807, 2.05) is 36.4 Å². The molecule has 4 nitrogen and oxygen atoms in total. The minimum atomic E-state index is -1.00. The topological polar surface area (TPSA) is 76.2 Å². The predicted molar refractivity (Wildman–Crippen MR) is 76.7 cm³/mol. The Balaban J connectivity index is 2.42. The van der Waals surface area contributed by atoms with Gasteiger partial charge < -0.3 is 10.8 Å². The highest BCUT2D eigenvalue weighted by Gasteiger charge is 2.16. The van der Waals surface area contributed by atoms with Crippen LogP contribution in [0.3, 0.4) is 0 Å². The third kappa shape index (κ3) is 3.19. The zero-order valence-electron chi connectivity index (χ0n) is 10.1. The van der Waals surface area contributed by atoms with Gasteiger partial charge in [-0.25, -0.2) is 0 Å². The molecule has 0 aliphatic rings. The summed E-state index contributed by atoms with van der Waals surface area (Å²) in [6, 6.07) is 10.4. The van der Waals surface area contributed by atoms with Gasteiger partial charge in [0, 0.05) is 16.2 Å². The number of carboxylic acid groups (broad SMARTS) is 1. The van der Waals surface area contributed by atoms with Crippen molar-refractivity contribution in [3.63, 3.8) is 0 Å². The van der Waals surface area contributed by atoms with Gasteiger partial charge in [-0.1, -0.05) is 24.3 Å². The number of aliphatic carboxylic acids is 1. The molecule has 0 bridgehead atoms. The first-order valence-corrected chi connectivity index (χ1v) is 6.56. The van der Waals surface area contributed by atoms with E-state index in [1.165, 1.54) is 0 Å². The molecule has 1 aromatic carbocycles. The largest absolute Gasteiger partial charge is 0.480 e. The molecule has 1 aromatic heterocycles. The first-order valence-electron chi connectivity index (χ1n) is 5.77. The second kappa shape index (κ2) is 5.95. The molecule has 1 heterocycles. The van der Waals surface area contributed by atoms with Crippen molar-refractivity contribution >= 4 is 21.9 Å². The Bertz CT molecular complexity index is 602. The van der Waals surface area contributed by atoms with E-state index in [0.717, 1.165) is 21.3 Å². The number of rotatable bonds is 4. The first-order chi connectivity index (χ1) is 9.09. The molecule has 0 amide bonds. The number of nitrogens with zero attached hydrogens (tertiary/aromatic N) is 1. The van der Waals surface area contributed by atoms with Gasteiger partial charge in [-0.05, 0) is 40.0 Å². The van der Waals surface area contributed by atoms with E-state index in [-0.39, 0.29) is 6.42 Å². The Kier molecular flexibility index (Phi) is 4.29. The van der Waals surface area contributed by atoms with Crippen molar-refractivity contribution < 1.29 is 9.90 Å². The van der Waals surface area contributed by atoms with E-state index < -0.39 is 12.0 Å². The highest BCUT2D eigenvalue weighted by Crippen LogP contribution is 2.28. The Morgan fingerprint density at radius 1 is 1.32 bits per heavy atom. The van der Waals surface area contributed by atoms with Gasteiger partial charge in [0.15, 0.2) is 0 Å². The van der Waals surface area contributed by atoms with Crippen molar-refractivity contribution in [2.45, 2.75) is 12.5 Å². The van der Waals surface area contributed by atoms with Crippen molar-refractivity contribution in [3.05, 3.63) is 52.6 Å². The van der Waals surface area contributed by atoms with Crippen LogP contribution in [-0.4, -0.2) is 22.1 Å². The van der Waals surface area contributed by atoms with Crippen LogP contribution in [0.4, 0.5) is 0 Å². The van der Waals surface area contributed by atoms with Crippen molar-refractivity contribution in [1.82, 2.24) is 4.98 Å². The summed E-state index contributed by atoms with van der Waals surface area (Å²) in [5.74, 6) is -1.00. The Labute approximate surface area is 119 Å². The molecule has 2 rings (SSSR count). The number of aromatic nitrogens is 1. The number of pyridine rings is 1. The van der Waals surface area contributed by atoms with Gasteiger partial charge in [0.1, 0.15) is 6.04 Å². The standard InChI is InChI=1S/C14H13BrN2O2/c15-11-6-3-7-17-13(11)10-5-2-1-4-9(10)8-12(16)14(18)19/h1-7,12H,8,16H2,(H,18,19). The molecule has 5 heteroatoms. The van der Waals surface area contributed by atoms with Gasteiger partial charge in [0.2, 0.25) is 0 Å². The van der Waals surface area contributed by atoms with Gasteiger partial charge in [0.05, 0.1) is 5.69 Å². The molecular formula is C14H13BrN2O2. The minimum Gasteiger partial charge on any atom is -0.480 e. The van der Waals surface area contributed by atoms with Gasteiger partial charge >= 0.3 is 5.97 Å². The number of hydrogen-bond acceptors (Lipinski definition) is 3. The highest BCUT2D eigenvalue weighted by atomic mass is 79.9. The van der Waals surface area contributed by atoms with E-state index >= 15 is 0 Å². The molecular weight excluding hydrogens is 308 g/mol. The number of nitrogens with two attached hydrogens (primary N) is 1. The van der Waals surface area contributed by atoms with Crippen molar-refractivity contribution in [1.29, 1.82) is 0 Å². The lowest BCUT2D eigenvalue weighted by Crippen LogP contribution is -2.32. The van der Waals surface area contributed by atoms with Crippen LogP contribution >= 0.6 is 15.9 Å². The van der Waals surface area contributed by atoms with E-state index in [2.05, 4.69) is 20.9 Å². The van der Waals surface area contributed by atoms with Crippen LogP contribution in [-0.2, 0) is 11.2 Å². The molecule has 98 valence electrons. The maximum Gasteiger partial charge on any atom is 0.320 e. The lowest BCUT2D eigenvalue weighted by atomic mass is 9.98. The molecule has 0 aliphatic heterocycles. The molecule has 0 radical (unpaired) electrons. The van der Waals surface area contributed by atoms with Crippen molar-refractivity contribution in [3.8, 4) is 11.3 Å². The molecule has 0 spiro atoms. The normalized spacial score (nSPS) is 12.1. The van der Waals surface area contributed by atoms with Crippen LogP contribution in [0.1, 0.15) is 5.56 Å². The zero-order valence-corrected chi connectivity index (χ0v) is 11.7. The van der Waals surface area contributed by atoms with Crippen LogP contribution < -0.4 is 5.73 Å². The molecule has 1 unspecified atom stereocenters. The fourth-order valence-corrected chi connectivity index (χ4v) is 2.31. The third-order valence-electron chi connectivity index (χ3n) is 2.79. The molecule has 0 fully saturated rings. The van der Waals surface area contributed by atoms with Crippen LogP contribution in [0.25, 0.3) is 11.3 Å². The predicted octanol–water partition coefficient (Wildman–Crippen LogP) is 2.47.